The van der Waals surface area contributed by atoms with Crippen LogP contribution in [0.5, 0.6) is 5.75 Å². The average Bonchev–Trinajstić information content (AvgIpc) is 2.96. The van der Waals surface area contributed by atoms with E-state index in [0.717, 1.165) is 0 Å². The summed E-state index contributed by atoms with van der Waals surface area (Å²) in [6.45, 7) is 0.742. The number of hydroxylamine groups is 2. The molecule has 142 valence electrons. The van der Waals surface area contributed by atoms with Crippen LogP contribution < -0.4 is 9.64 Å². The lowest BCUT2D eigenvalue weighted by Gasteiger charge is -2.29. The number of anilines is 1. The maximum atomic E-state index is 12.5. The van der Waals surface area contributed by atoms with Crippen molar-refractivity contribution in [3.63, 3.8) is 0 Å². The van der Waals surface area contributed by atoms with Crippen molar-refractivity contribution < 1.29 is 28.8 Å². The molecule has 8 heteroatoms. The third kappa shape index (κ3) is 3.09. The highest BCUT2D eigenvalue weighted by atomic mass is 16.7. The number of ether oxygens (including phenoxy) is 1. The lowest BCUT2D eigenvalue weighted by molar-refractivity contribution is -0.169. The van der Waals surface area contributed by atoms with E-state index in [-0.39, 0.29) is 29.9 Å². The Morgan fingerprint density at radius 1 is 0.929 bits per heavy atom. The molecular formula is C20H16N2O6. The van der Waals surface area contributed by atoms with Gasteiger partial charge in [-0.05, 0) is 24.3 Å². The smallest absolute Gasteiger partial charge is 0.333 e. The summed E-state index contributed by atoms with van der Waals surface area (Å²) < 4.78 is 5.51. The number of benzene rings is 2. The Balaban J connectivity index is 1.36. The van der Waals surface area contributed by atoms with Crippen LogP contribution in [-0.2, 0) is 14.4 Å². The topological polar surface area (TPSA) is 93.2 Å². The van der Waals surface area contributed by atoms with E-state index >= 15 is 0 Å². The van der Waals surface area contributed by atoms with Crippen LogP contribution in [0.2, 0.25) is 0 Å². The summed E-state index contributed by atoms with van der Waals surface area (Å²) in [5.74, 6) is -1.88. The van der Waals surface area contributed by atoms with Crippen LogP contribution in [-0.4, -0.2) is 41.9 Å². The third-order valence-electron chi connectivity index (χ3n) is 4.52. The number of hydrogen-bond acceptors (Lipinski definition) is 6. The van der Waals surface area contributed by atoms with Crippen LogP contribution in [0.4, 0.5) is 5.69 Å². The molecule has 0 fully saturated rings. The Morgan fingerprint density at radius 2 is 1.57 bits per heavy atom. The molecule has 2 aliphatic heterocycles. The normalized spacial score (nSPS) is 15.0. The quantitative estimate of drug-likeness (QED) is 0.753. The molecule has 0 saturated heterocycles. The van der Waals surface area contributed by atoms with Crippen LogP contribution in [0.3, 0.4) is 0 Å². The number of para-hydroxylation sites is 2. The van der Waals surface area contributed by atoms with Gasteiger partial charge in [-0.25, -0.2) is 4.79 Å². The molecule has 2 aromatic carbocycles. The second-order valence-corrected chi connectivity index (χ2v) is 6.28. The highest BCUT2D eigenvalue weighted by Crippen LogP contribution is 2.31. The first kappa shape index (κ1) is 17.7. The molecular weight excluding hydrogens is 364 g/mol. The highest BCUT2D eigenvalue weighted by molar-refractivity contribution is 6.20. The summed E-state index contributed by atoms with van der Waals surface area (Å²) in [6, 6.07) is 13.4. The van der Waals surface area contributed by atoms with E-state index in [1.165, 1.54) is 12.1 Å². The maximum Gasteiger partial charge on any atom is 0.333 e. The fourth-order valence-electron chi connectivity index (χ4n) is 3.17. The van der Waals surface area contributed by atoms with Crippen LogP contribution in [0.25, 0.3) is 0 Å². The van der Waals surface area contributed by atoms with E-state index in [0.29, 0.717) is 29.7 Å². The molecule has 0 saturated carbocycles. The monoisotopic (exact) mass is 380 g/mol. The van der Waals surface area contributed by atoms with Gasteiger partial charge in [0.2, 0.25) is 5.91 Å². The molecule has 0 radical (unpaired) electrons. The van der Waals surface area contributed by atoms with Gasteiger partial charge in [0.05, 0.1) is 29.8 Å². The van der Waals surface area contributed by atoms with Gasteiger partial charge in [0, 0.05) is 6.42 Å². The van der Waals surface area contributed by atoms with Gasteiger partial charge in [0.15, 0.2) is 0 Å². The number of carbonyl (C=O) groups excluding carboxylic acids is 4. The maximum absolute atomic E-state index is 12.5. The molecule has 0 N–H and O–H groups in total. The van der Waals surface area contributed by atoms with Crippen molar-refractivity contribution in [3.05, 3.63) is 59.7 Å². The molecule has 2 heterocycles. The van der Waals surface area contributed by atoms with Gasteiger partial charge < -0.3 is 14.5 Å². The Bertz CT molecular complexity index is 951. The van der Waals surface area contributed by atoms with E-state index in [1.54, 1.807) is 35.2 Å². The number of fused-ring (bicyclic) bond motifs is 2. The summed E-state index contributed by atoms with van der Waals surface area (Å²) in [6.07, 6.45) is -0.373. The van der Waals surface area contributed by atoms with Gasteiger partial charge in [-0.15, -0.1) is 0 Å². The van der Waals surface area contributed by atoms with Crippen LogP contribution in [0.15, 0.2) is 48.5 Å². The molecule has 0 aliphatic carbocycles. The molecule has 4 rings (SSSR count). The fraction of sp³-hybridized carbons (Fsp3) is 0.200. The predicted octanol–water partition coefficient (Wildman–Crippen LogP) is 1.95. The minimum Gasteiger partial charge on any atom is -0.490 e. The predicted molar refractivity (Wildman–Crippen MR) is 96.6 cm³/mol. The van der Waals surface area contributed by atoms with Crippen molar-refractivity contribution in [1.82, 2.24) is 5.06 Å². The first-order valence-corrected chi connectivity index (χ1v) is 8.77. The van der Waals surface area contributed by atoms with Gasteiger partial charge in [-0.2, -0.15) is 0 Å². The van der Waals surface area contributed by atoms with Gasteiger partial charge in [0.25, 0.3) is 11.8 Å². The van der Waals surface area contributed by atoms with Gasteiger partial charge in [-0.1, -0.05) is 29.3 Å². The SMILES string of the molecule is O=C(CCC(=O)N1CCOc2ccccc21)ON1C(=O)c2ccccc2C1=O. The summed E-state index contributed by atoms with van der Waals surface area (Å²) in [4.78, 5) is 55.5. The summed E-state index contributed by atoms with van der Waals surface area (Å²) in [5, 5.41) is 0.446. The Kier molecular flexibility index (Phi) is 4.52. The van der Waals surface area contributed by atoms with E-state index in [9.17, 15) is 19.2 Å². The summed E-state index contributed by atoms with van der Waals surface area (Å²) in [7, 11) is 0. The minimum atomic E-state index is -0.829. The molecule has 8 nitrogen and oxygen atoms in total. The number of amides is 3. The average molecular weight is 380 g/mol. The zero-order valence-electron chi connectivity index (χ0n) is 14.8. The third-order valence-corrected chi connectivity index (χ3v) is 4.52. The van der Waals surface area contributed by atoms with Gasteiger partial charge >= 0.3 is 5.97 Å². The first-order valence-electron chi connectivity index (χ1n) is 8.77. The number of imide groups is 1. The molecule has 2 aliphatic rings. The lowest BCUT2D eigenvalue weighted by atomic mass is 10.1. The highest BCUT2D eigenvalue weighted by Gasteiger charge is 2.38. The van der Waals surface area contributed by atoms with Crippen molar-refractivity contribution in [2.45, 2.75) is 12.8 Å². The number of carbonyl (C=O) groups is 4. The molecule has 0 aromatic heterocycles. The van der Waals surface area contributed by atoms with Crippen LogP contribution in [0, 0.1) is 0 Å². The Labute approximate surface area is 160 Å². The standard InChI is InChI=1S/C20H16N2O6/c23-17(21-11-12-27-16-8-4-3-7-15(16)21)9-10-18(24)28-22-19(25)13-5-1-2-6-14(13)20(22)26/h1-8H,9-12H2. The van der Waals surface area contributed by atoms with E-state index in [4.69, 9.17) is 9.57 Å². The van der Waals surface area contributed by atoms with Crippen molar-refractivity contribution in [3.8, 4) is 5.75 Å². The lowest BCUT2D eigenvalue weighted by Crippen LogP contribution is -2.38. The summed E-state index contributed by atoms with van der Waals surface area (Å²) in [5.41, 5.74) is 1.01. The van der Waals surface area contributed by atoms with Gasteiger partial charge in [0.1, 0.15) is 12.4 Å². The molecule has 0 bridgehead atoms. The fourth-order valence-corrected chi connectivity index (χ4v) is 3.17. The molecule has 28 heavy (non-hydrogen) atoms. The van der Waals surface area contributed by atoms with Gasteiger partial charge in [-0.3, -0.25) is 14.4 Å². The Morgan fingerprint density at radius 3 is 2.29 bits per heavy atom. The largest absolute Gasteiger partial charge is 0.490 e. The number of nitrogens with zero attached hydrogens (tertiary/aromatic N) is 2. The Hall–Kier alpha value is -3.68. The van der Waals surface area contributed by atoms with E-state index in [1.807, 2.05) is 6.07 Å². The molecule has 2 aromatic rings. The zero-order valence-corrected chi connectivity index (χ0v) is 14.8. The summed E-state index contributed by atoms with van der Waals surface area (Å²) >= 11 is 0. The first-order chi connectivity index (χ1) is 13.6. The second kappa shape index (κ2) is 7.15. The van der Waals surface area contributed by atoms with Crippen molar-refractivity contribution in [2.75, 3.05) is 18.1 Å². The molecule has 0 spiro atoms. The van der Waals surface area contributed by atoms with Crippen molar-refractivity contribution in [1.29, 1.82) is 0 Å². The molecule has 3 amide bonds. The van der Waals surface area contributed by atoms with E-state index in [2.05, 4.69) is 0 Å². The molecule has 0 unspecified atom stereocenters. The second-order valence-electron chi connectivity index (χ2n) is 6.28. The van der Waals surface area contributed by atoms with Crippen molar-refractivity contribution in [2.24, 2.45) is 0 Å². The zero-order chi connectivity index (χ0) is 19.7. The molecule has 0 atom stereocenters. The van der Waals surface area contributed by atoms with Crippen molar-refractivity contribution >= 4 is 29.4 Å². The number of rotatable bonds is 4. The van der Waals surface area contributed by atoms with Crippen LogP contribution in [0.1, 0.15) is 33.6 Å². The number of hydrogen-bond donors (Lipinski definition) is 0. The van der Waals surface area contributed by atoms with E-state index < -0.39 is 17.8 Å². The minimum absolute atomic E-state index is 0.115. The van der Waals surface area contributed by atoms with Crippen LogP contribution >= 0.6 is 0 Å².